The summed E-state index contributed by atoms with van der Waals surface area (Å²) in [7, 11) is 1.56. The molecule has 0 spiro atoms. The molecule has 33 heavy (non-hydrogen) atoms. The lowest BCUT2D eigenvalue weighted by Crippen LogP contribution is -2.54. The van der Waals surface area contributed by atoms with E-state index >= 15 is 0 Å². The average Bonchev–Trinajstić information content (AvgIpc) is 2.82. The molecule has 2 amide bonds. The number of benzene rings is 3. The predicted molar refractivity (Wildman–Crippen MR) is 134 cm³/mol. The third-order valence-electron chi connectivity index (χ3n) is 4.94. The first-order valence-corrected chi connectivity index (χ1v) is 11.2. The van der Waals surface area contributed by atoms with Crippen molar-refractivity contribution in [2.75, 3.05) is 12.0 Å². The van der Waals surface area contributed by atoms with Crippen LogP contribution in [-0.2, 0) is 16.2 Å². The van der Waals surface area contributed by atoms with E-state index in [4.69, 9.17) is 21.7 Å². The van der Waals surface area contributed by atoms with Crippen LogP contribution in [0.25, 0.3) is 6.08 Å². The number of methoxy groups -OCH3 is 1. The van der Waals surface area contributed by atoms with E-state index in [0.717, 1.165) is 10.0 Å². The molecule has 1 saturated heterocycles. The van der Waals surface area contributed by atoms with Crippen LogP contribution in [0.3, 0.4) is 0 Å². The molecule has 6 nitrogen and oxygen atoms in total. The number of carbonyl (C=O) groups excluding carboxylic acids is 2. The van der Waals surface area contributed by atoms with Crippen molar-refractivity contribution in [2.24, 2.45) is 0 Å². The van der Waals surface area contributed by atoms with Crippen molar-refractivity contribution in [2.45, 2.75) is 6.61 Å². The van der Waals surface area contributed by atoms with Crippen LogP contribution < -0.4 is 19.7 Å². The molecule has 0 radical (unpaired) electrons. The second-order valence-corrected chi connectivity index (χ2v) is 8.41. The first kappa shape index (κ1) is 22.7. The van der Waals surface area contributed by atoms with Crippen LogP contribution in [0.5, 0.6) is 11.5 Å². The molecular formula is C25H19BrN2O4S. The Morgan fingerprint density at radius 3 is 2.45 bits per heavy atom. The Balaban J connectivity index is 1.67. The number of para-hydroxylation sites is 1. The fourth-order valence-electron chi connectivity index (χ4n) is 3.25. The van der Waals surface area contributed by atoms with Crippen molar-refractivity contribution in [1.82, 2.24) is 5.32 Å². The molecule has 1 fully saturated rings. The number of halogens is 1. The van der Waals surface area contributed by atoms with Gasteiger partial charge in [0.25, 0.3) is 11.8 Å². The quantitative estimate of drug-likeness (QED) is 0.284. The third kappa shape index (κ3) is 5.13. The van der Waals surface area contributed by atoms with Crippen molar-refractivity contribution in [3.05, 3.63) is 94.0 Å². The normalized spacial score (nSPS) is 14.9. The Morgan fingerprint density at radius 1 is 1.03 bits per heavy atom. The highest BCUT2D eigenvalue weighted by molar-refractivity contribution is 9.10. The molecule has 3 aromatic carbocycles. The molecule has 1 aliphatic rings. The van der Waals surface area contributed by atoms with Gasteiger partial charge in [-0.1, -0.05) is 46.3 Å². The molecule has 1 aliphatic heterocycles. The summed E-state index contributed by atoms with van der Waals surface area (Å²) < 4.78 is 12.3. The Hall–Kier alpha value is -3.49. The van der Waals surface area contributed by atoms with E-state index in [9.17, 15) is 9.59 Å². The molecule has 4 rings (SSSR count). The molecule has 0 unspecified atom stereocenters. The van der Waals surface area contributed by atoms with Gasteiger partial charge in [-0.25, -0.2) is 0 Å². The molecular weight excluding hydrogens is 504 g/mol. The van der Waals surface area contributed by atoms with Gasteiger partial charge in [0.1, 0.15) is 23.7 Å². The zero-order valence-corrected chi connectivity index (χ0v) is 20.0. The summed E-state index contributed by atoms with van der Waals surface area (Å²) in [6, 6.07) is 21.9. The maximum absolute atomic E-state index is 13.2. The van der Waals surface area contributed by atoms with Gasteiger partial charge in [-0.05, 0) is 60.3 Å². The summed E-state index contributed by atoms with van der Waals surface area (Å²) in [5, 5.41) is 2.63. The van der Waals surface area contributed by atoms with Crippen LogP contribution in [0.2, 0.25) is 0 Å². The number of rotatable bonds is 6. The van der Waals surface area contributed by atoms with Crippen LogP contribution in [-0.4, -0.2) is 24.0 Å². The maximum Gasteiger partial charge on any atom is 0.270 e. The number of anilines is 1. The lowest BCUT2D eigenvalue weighted by atomic mass is 10.1. The van der Waals surface area contributed by atoms with E-state index in [-0.39, 0.29) is 10.7 Å². The van der Waals surface area contributed by atoms with Gasteiger partial charge in [0.05, 0.1) is 12.8 Å². The smallest absolute Gasteiger partial charge is 0.270 e. The summed E-state index contributed by atoms with van der Waals surface area (Å²) in [6.45, 7) is 0.303. The molecule has 3 aromatic rings. The number of nitrogens with one attached hydrogen (secondary N) is 1. The highest BCUT2D eigenvalue weighted by Gasteiger charge is 2.34. The molecule has 0 saturated carbocycles. The summed E-state index contributed by atoms with van der Waals surface area (Å²) in [5.74, 6) is -0.00395. The SMILES string of the molecule is COc1ccc(/C=C2/C(=O)NC(=S)N(c3ccccc3)C2=O)c(OCc2ccc(Br)cc2)c1. The Kier molecular flexibility index (Phi) is 6.86. The van der Waals surface area contributed by atoms with E-state index in [2.05, 4.69) is 21.2 Å². The van der Waals surface area contributed by atoms with Gasteiger partial charge in [0.2, 0.25) is 0 Å². The zero-order valence-electron chi connectivity index (χ0n) is 17.6. The molecule has 0 aromatic heterocycles. The molecule has 8 heteroatoms. The van der Waals surface area contributed by atoms with Gasteiger partial charge in [-0.15, -0.1) is 0 Å². The van der Waals surface area contributed by atoms with Gasteiger partial charge in [-0.2, -0.15) is 0 Å². The molecule has 166 valence electrons. The summed E-state index contributed by atoms with van der Waals surface area (Å²) in [4.78, 5) is 27.2. The largest absolute Gasteiger partial charge is 0.497 e. The van der Waals surface area contributed by atoms with Crippen molar-refractivity contribution < 1.29 is 19.1 Å². The highest BCUT2D eigenvalue weighted by Crippen LogP contribution is 2.29. The first-order valence-electron chi connectivity index (χ1n) is 9.98. The van der Waals surface area contributed by atoms with Crippen LogP contribution in [0.15, 0.2) is 82.8 Å². The third-order valence-corrected chi connectivity index (χ3v) is 5.76. The number of amides is 2. The van der Waals surface area contributed by atoms with E-state index in [1.807, 2.05) is 30.3 Å². The number of ether oxygens (including phenoxy) is 2. The van der Waals surface area contributed by atoms with E-state index in [1.165, 1.54) is 11.0 Å². The monoisotopic (exact) mass is 522 g/mol. The lowest BCUT2D eigenvalue weighted by molar-refractivity contribution is -0.122. The minimum Gasteiger partial charge on any atom is -0.497 e. The predicted octanol–water partition coefficient (Wildman–Crippen LogP) is 4.87. The van der Waals surface area contributed by atoms with Crippen molar-refractivity contribution in [3.63, 3.8) is 0 Å². The fraction of sp³-hybridized carbons (Fsp3) is 0.0800. The summed E-state index contributed by atoms with van der Waals surface area (Å²) in [5.41, 5.74) is 2.05. The van der Waals surface area contributed by atoms with Crippen molar-refractivity contribution in [1.29, 1.82) is 0 Å². The Labute approximate surface area is 204 Å². The first-order chi connectivity index (χ1) is 16.0. The zero-order chi connectivity index (χ0) is 23.4. The van der Waals surface area contributed by atoms with Crippen LogP contribution in [0.1, 0.15) is 11.1 Å². The highest BCUT2D eigenvalue weighted by atomic mass is 79.9. The van der Waals surface area contributed by atoms with Gasteiger partial charge < -0.3 is 9.47 Å². The summed E-state index contributed by atoms with van der Waals surface area (Å²) in [6.07, 6.45) is 1.51. The second-order valence-electron chi connectivity index (χ2n) is 7.11. The average molecular weight is 523 g/mol. The standard InChI is InChI=1S/C25H19BrN2O4S/c1-31-20-12-9-17(22(14-20)32-15-16-7-10-18(26)11-8-16)13-21-23(29)27-25(33)28(24(21)30)19-5-3-2-4-6-19/h2-14H,15H2,1H3,(H,27,29,33)/b21-13-. The molecule has 1 N–H and O–H groups in total. The number of hydrogen-bond donors (Lipinski definition) is 1. The van der Waals surface area contributed by atoms with Gasteiger partial charge in [0.15, 0.2) is 5.11 Å². The van der Waals surface area contributed by atoms with Crippen LogP contribution in [0, 0.1) is 0 Å². The number of hydrogen-bond acceptors (Lipinski definition) is 5. The van der Waals surface area contributed by atoms with Crippen LogP contribution >= 0.6 is 28.1 Å². The van der Waals surface area contributed by atoms with E-state index in [1.54, 1.807) is 49.6 Å². The van der Waals surface area contributed by atoms with Gasteiger partial charge >= 0.3 is 0 Å². The number of nitrogens with zero attached hydrogens (tertiary/aromatic N) is 1. The van der Waals surface area contributed by atoms with Gasteiger partial charge in [0, 0.05) is 16.1 Å². The van der Waals surface area contributed by atoms with Crippen molar-refractivity contribution >= 4 is 56.8 Å². The topological polar surface area (TPSA) is 67.9 Å². The Bertz CT molecular complexity index is 1240. The minimum absolute atomic E-state index is 0.0368. The Morgan fingerprint density at radius 2 is 1.76 bits per heavy atom. The molecule has 0 bridgehead atoms. The van der Waals surface area contributed by atoms with E-state index < -0.39 is 11.8 Å². The maximum atomic E-state index is 13.2. The molecule has 0 atom stereocenters. The van der Waals surface area contributed by atoms with Crippen LogP contribution in [0.4, 0.5) is 5.69 Å². The lowest BCUT2D eigenvalue weighted by Gasteiger charge is -2.29. The number of carbonyl (C=O) groups is 2. The van der Waals surface area contributed by atoms with Gasteiger partial charge in [-0.3, -0.25) is 19.8 Å². The van der Waals surface area contributed by atoms with Crippen molar-refractivity contribution in [3.8, 4) is 11.5 Å². The fourth-order valence-corrected chi connectivity index (χ4v) is 3.80. The summed E-state index contributed by atoms with van der Waals surface area (Å²) >= 11 is 8.66. The van der Waals surface area contributed by atoms with E-state index in [0.29, 0.717) is 29.4 Å². The number of thiocarbonyl (C=S) groups is 1. The second kappa shape index (κ2) is 9.97. The molecule has 1 heterocycles. The molecule has 0 aliphatic carbocycles. The minimum atomic E-state index is -0.563.